The lowest BCUT2D eigenvalue weighted by Crippen LogP contribution is -1.96. The first kappa shape index (κ1) is 19.7. The molecule has 0 heterocycles. The van der Waals surface area contributed by atoms with Gasteiger partial charge in [0.05, 0.1) is 0 Å². The first-order valence-electron chi connectivity index (χ1n) is 10.7. The molecule has 0 radical (unpaired) electrons. The fourth-order valence-corrected chi connectivity index (χ4v) is 4.34. The van der Waals surface area contributed by atoms with E-state index in [9.17, 15) is 0 Å². The van der Waals surface area contributed by atoms with Crippen LogP contribution in [0.25, 0.3) is 44.5 Å². The van der Waals surface area contributed by atoms with Crippen molar-refractivity contribution in [3.8, 4) is 44.5 Å². The van der Waals surface area contributed by atoms with Crippen molar-refractivity contribution < 1.29 is 0 Å². The largest absolute Gasteiger partial charge is 0.399 e. The van der Waals surface area contributed by atoms with Gasteiger partial charge in [-0.1, -0.05) is 103 Å². The third-order valence-corrected chi connectivity index (χ3v) is 5.79. The van der Waals surface area contributed by atoms with Crippen molar-refractivity contribution in [2.45, 2.75) is 0 Å². The third-order valence-electron chi connectivity index (χ3n) is 5.79. The van der Waals surface area contributed by atoms with Crippen LogP contribution < -0.4 is 11.5 Å². The molecule has 0 amide bonds. The minimum atomic E-state index is 0.735. The molecule has 0 bridgehead atoms. The molecule has 0 aliphatic heterocycles. The van der Waals surface area contributed by atoms with E-state index in [2.05, 4.69) is 84.9 Å². The molecule has 0 aliphatic carbocycles. The van der Waals surface area contributed by atoms with Crippen LogP contribution in [-0.4, -0.2) is 0 Å². The Balaban J connectivity index is 1.77. The maximum atomic E-state index is 6.59. The van der Waals surface area contributed by atoms with Gasteiger partial charge >= 0.3 is 0 Å². The summed E-state index contributed by atoms with van der Waals surface area (Å²) in [5.41, 5.74) is 23.1. The lowest BCUT2D eigenvalue weighted by atomic mass is 9.86. The van der Waals surface area contributed by atoms with Gasteiger partial charge in [-0.3, -0.25) is 0 Å². The Hall–Kier alpha value is -4.30. The molecule has 0 atom stereocenters. The average Bonchev–Trinajstić information content (AvgIpc) is 2.84. The molecule has 0 aliphatic rings. The number of nitrogens with two attached hydrogens (primary N) is 2. The van der Waals surface area contributed by atoms with Crippen LogP contribution in [0.2, 0.25) is 0 Å². The fourth-order valence-electron chi connectivity index (χ4n) is 4.34. The maximum absolute atomic E-state index is 6.59. The van der Waals surface area contributed by atoms with E-state index in [4.69, 9.17) is 11.5 Å². The molecule has 2 nitrogen and oxygen atoms in total. The molecule has 0 saturated carbocycles. The van der Waals surface area contributed by atoms with E-state index in [-0.39, 0.29) is 0 Å². The van der Waals surface area contributed by atoms with Crippen molar-refractivity contribution in [3.05, 3.63) is 121 Å². The summed E-state index contributed by atoms with van der Waals surface area (Å²) in [5, 5.41) is 0. The second kappa shape index (κ2) is 8.44. The summed E-state index contributed by atoms with van der Waals surface area (Å²) in [4.78, 5) is 0. The van der Waals surface area contributed by atoms with Gasteiger partial charge in [0.1, 0.15) is 0 Å². The third kappa shape index (κ3) is 3.63. The molecule has 0 unspecified atom stereocenters. The summed E-state index contributed by atoms with van der Waals surface area (Å²) in [6, 6.07) is 41.5. The first-order valence-corrected chi connectivity index (χ1v) is 10.7. The fraction of sp³-hybridized carbons (Fsp3) is 0. The number of nitrogen functional groups attached to an aromatic ring is 2. The van der Waals surface area contributed by atoms with Gasteiger partial charge in [0, 0.05) is 16.9 Å². The summed E-state index contributed by atoms with van der Waals surface area (Å²) in [6.07, 6.45) is 0. The summed E-state index contributed by atoms with van der Waals surface area (Å²) >= 11 is 0. The first-order chi connectivity index (χ1) is 15.7. The van der Waals surface area contributed by atoms with Crippen LogP contribution in [0, 0.1) is 0 Å². The lowest BCUT2D eigenvalue weighted by Gasteiger charge is -2.19. The van der Waals surface area contributed by atoms with Gasteiger partial charge in [-0.15, -0.1) is 0 Å². The maximum Gasteiger partial charge on any atom is 0.0400 e. The quantitative estimate of drug-likeness (QED) is 0.300. The predicted molar refractivity (Wildman–Crippen MR) is 137 cm³/mol. The van der Waals surface area contributed by atoms with Crippen molar-refractivity contribution in [1.29, 1.82) is 0 Å². The molecule has 0 fully saturated rings. The van der Waals surface area contributed by atoms with Crippen LogP contribution in [0.5, 0.6) is 0 Å². The Morgan fingerprint density at radius 2 is 0.906 bits per heavy atom. The van der Waals surface area contributed by atoms with E-state index < -0.39 is 0 Å². The number of benzene rings is 5. The standard InChI is InChI=1S/C30H24N2/c31-23-13-8-12-22(20-23)25-18-9-19-29(32)30(25)28-17-7-6-16-27(28)26-15-5-4-14-24(26)21-10-2-1-3-11-21/h1-20H,31-32H2. The Kier molecular flexibility index (Phi) is 5.19. The molecule has 154 valence electrons. The summed E-state index contributed by atoms with van der Waals surface area (Å²) in [7, 11) is 0. The average molecular weight is 413 g/mol. The van der Waals surface area contributed by atoms with Gasteiger partial charge in [0.25, 0.3) is 0 Å². The van der Waals surface area contributed by atoms with Gasteiger partial charge in [0.2, 0.25) is 0 Å². The Labute approximate surface area is 188 Å². The molecule has 0 saturated heterocycles. The van der Waals surface area contributed by atoms with E-state index >= 15 is 0 Å². The van der Waals surface area contributed by atoms with Gasteiger partial charge in [-0.05, 0) is 57.1 Å². The van der Waals surface area contributed by atoms with Gasteiger partial charge in [0.15, 0.2) is 0 Å². The van der Waals surface area contributed by atoms with Crippen LogP contribution in [0.1, 0.15) is 0 Å². The zero-order valence-corrected chi connectivity index (χ0v) is 17.7. The summed E-state index contributed by atoms with van der Waals surface area (Å²) in [6.45, 7) is 0. The minimum Gasteiger partial charge on any atom is -0.399 e. The number of anilines is 2. The van der Waals surface area contributed by atoms with Crippen molar-refractivity contribution in [2.24, 2.45) is 0 Å². The second-order valence-electron chi connectivity index (χ2n) is 7.85. The van der Waals surface area contributed by atoms with Crippen LogP contribution in [0.4, 0.5) is 11.4 Å². The number of hydrogen-bond donors (Lipinski definition) is 2. The van der Waals surface area contributed by atoms with Crippen molar-refractivity contribution in [1.82, 2.24) is 0 Å². The van der Waals surface area contributed by atoms with Crippen LogP contribution in [0.15, 0.2) is 121 Å². The van der Waals surface area contributed by atoms with Crippen molar-refractivity contribution in [3.63, 3.8) is 0 Å². The number of rotatable bonds is 4. The van der Waals surface area contributed by atoms with E-state index in [0.29, 0.717) is 0 Å². The minimum absolute atomic E-state index is 0.735. The predicted octanol–water partition coefficient (Wildman–Crippen LogP) is 7.52. The van der Waals surface area contributed by atoms with Gasteiger partial charge in [-0.2, -0.15) is 0 Å². The molecule has 5 rings (SSSR count). The normalized spacial score (nSPS) is 10.8. The molecular weight excluding hydrogens is 388 g/mol. The molecule has 5 aromatic carbocycles. The Morgan fingerprint density at radius 1 is 0.375 bits per heavy atom. The second-order valence-corrected chi connectivity index (χ2v) is 7.85. The Bertz CT molecular complexity index is 1390. The highest BCUT2D eigenvalue weighted by molar-refractivity contribution is 5.99. The molecule has 32 heavy (non-hydrogen) atoms. The van der Waals surface area contributed by atoms with E-state index in [0.717, 1.165) is 39.2 Å². The molecule has 4 N–H and O–H groups in total. The van der Waals surface area contributed by atoms with E-state index in [1.807, 2.05) is 36.4 Å². The molecular formula is C30H24N2. The highest BCUT2D eigenvalue weighted by Gasteiger charge is 2.17. The van der Waals surface area contributed by atoms with Gasteiger partial charge < -0.3 is 11.5 Å². The Morgan fingerprint density at radius 3 is 1.62 bits per heavy atom. The monoisotopic (exact) mass is 412 g/mol. The highest BCUT2D eigenvalue weighted by atomic mass is 14.6. The van der Waals surface area contributed by atoms with Crippen molar-refractivity contribution in [2.75, 3.05) is 11.5 Å². The van der Waals surface area contributed by atoms with E-state index in [1.54, 1.807) is 0 Å². The van der Waals surface area contributed by atoms with Crippen LogP contribution >= 0.6 is 0 Å². The SMILES string of the molecule is Nc1cccc(-c2cccc(N)c2-c2ccccc2-c2ccccc2-c2ccccc2)c1. The zero-order chi connectivity index (χ0) is 21.9. The molecule has 0 spiro atoms. The van der Waals surface area contributed by atoms with E-state index in [1.165, 1.54) is 16.7 Å². The summed E-state index contributed by atoms with van der Waals surface area (Å²) in [5.74, 6) is 0. The van der Waals surface area contributed by atoms with Crippen LogP contribution in [-0.2, 0) is 0 Å². The topological polar surface area (TPSA) is 52.0 Å². The smallest absolute Gasteiger partial charge is 0.0400 e. The van der Waals surface area contributed by atoms with Gasteiger partial charge in [-0.25, -0.2) is 0 Å². The number of hydrogen-bond acceptors (Lipinski definition) is 2. The lowest BCUT2D eigenvalue weighted by molar-refractivity contribution is 1.55. The van der Waals surface area contributed by atoms with Crippen molar-refractivity contribution >= 4 is 11.4 Å². The zero-order valence-electron chi connectivity index (χ0n) is 17.7. The summed E-state index contributed by atoms with van der Waals surface area (Å²) < 4.78 is 0. The molecule has 2 heteroatoms. The molecule has 0 aromatic heterocycles. The molecule has 5 aromatic rings. The van der Waals surface area contributed by atoms with Crippen LogP contribution in [0.3, 0.4) is 0 Å². The highest BCUT2D eigenvalue weighted by Crippen LogP contribution is 2.43.